The van der Waals surface area contributed by atoms with Crippen LogP contribution in [0.2, 0.25) is 0 Å². The SMILES string of the molecule is CC(C)(C)OC(=O)NC1CCCN(c2cc(C3CCCO3)ncn2)C1. The number of carbonyl (C=O) groups excluding carboxylic acids is 1. The molecule has 2 unspecified atom stereocenters. The zero-order valence-electron chi connectivity index (χ0n) is 15.3. The lowest BCUT2D eigenvalue weighted by Gasteiger charge is -2.34. The fourth-order valence-corrected chi connectivity index (χ4v) is 3.30. The standard InChI is InChI=1S/C18H28N4O3/c1-18(2,3)25-17(23)21-13-6-4-8-22(11-13)16-10-14(19-12-20-16)15-7-5-9-24-15/h10,12-13,15H,4-9,11H2,1-3H3,(H,21,23). The number of anilines is 1. The number of alkyl carbamates (subject to hydrolysis) is 1. The summed E-state index contributed by atoms with van der Waals surface area (Å²) in [4.78, 5) is 23.0. The minimum Gasteiger partial charge on any atom is -0.444 e. The number of ether oxygens (including phenoxy) is 2. The van der Waals surface area contributed by atoms with Gasteiger partial charge in [0.25, 0.3) is 0 Å². The monoisotopic (exact) mass is 348 g/mol. The number of amides is 1. The molecule has 0 aromatic carbocycles. The predicted molar refractivity (Wildman–Crippen MR) is 94.6 cm³/mol. The molecule has 138 valence electrons. The fraction of sp³-hybridized carbons (Fsp3) is 0.722. The van der Waals surface area contributed by atoms with Gasteiger partial charge in [0.05, 0.1) is 11.8 Å². The third-order valence-electron chi connectivity index (χ3n) is 4.40. The summed E-state index contributed by atoms with van der Waals surface area (Å²) in [6, 6.07) is 2.08. The Morgan fingerprint density at radius 3 is 2.88 bits per heavy atom. The van der Waals surface area contributed by atoms with Crippen LogP contribution in [0.3, 0.4) is 0 Å². The van der Waals surface area contributed by atoms with E-state index >= 15 is 0 Å². The summed E-state index contributed by atoms with van der Waals surface area (Å²) in [5.74, 6) is 0.899. The summed E-state index contributed by atoms with van der Waals surface area (Å²) >= 11 is 0. The van der Waals surface area contributed by atoms with Crippen LogP contribution in [0, 0.1) is 0 Å². The molecule has 0 radical (unpaired) electrons. The molecule has 25 heavy (non-hydrogen) atoms. The number of carbonyl (C=O) groups is 1. The first-order valence-corrected chi connectivity index (χ1v) is 9.09. The zero-order chi connectivity index (χ0) is 17.9. The van der Waals surface area contributed by atoms with Gasteiger partial charge in [-0.15, -0.1) is 0 Å². The maximum absolute atomic E-state index is 12.0. The molecule has 1 N–H and O–H groups in total. The molecule has 3 rings (SSSR count). The van der Waals surface area contributed by atoms with E-state index in [4.69, 9.17) is 9.47 Å². The minimum atomic E-state index is -0.485. The van der Waals surface area contributed by atoms with Crippen molar-refractivity contribution in [2.24, 2.45) is 0 Å². The quantitative estimate of drug-likeness (QED) is 0.905. The average Bonchev–Trinajstić information content (AvgIpc) is 3.08. The normalized spacial score (nSPS) is 24.2. The highest BCUT2D eigenvalue weighted by atomic mass is 16.6. The summed E-state index contributed by atoms with van der Waals surface area (Å²) in [6.45, 7) is 8.05. The van der Waals surface area contributed by atoms with Crippen LogP contribution in [-0.2, 0) is 9.47 Å². The fourth-order valence-electron chi connectivity index (χ4n) is 3.30. The van der Waals surface area contributed by atoms with Gasteiger partial charge in [-0.1, -0.05) is 0 Å². The highest BCUT2D eigenvalue weighted by Gasteiger charge is 2.26. The lowest BCUT2D eigenvalue weighted by molar-refractivity contribution is 0.0500. The highest BCUT2D eigenvalue weighted by Crippen LogP contribution is 2.29. The van der Waals surface area contributed by atoms with Crippen molar-refractivity contribution in [3.63, 3.8) is 0 Å². The van der Waals surface area contributed by atoms with Gasteiger partial charge in [0.2, 0.25) is 0 Å². The number of hydrogen-bond donors (Lipinski definition) is 1. The Morgan fingerprint density at radius 1 is 1.32 bits per heavy atom. The van der Waals surface area contributed by atoms with Crippen LogP contribution in [0.1, 0.15) is 58.3 Å². The number of nitrogens with zero attached hydrogens (tertiary/aromatic N) is 3. The maximum atomic E-state index is 12.0. The minimum absolute atomic E-state index is 0.0599. The molecule has 1 aromatic heterocycles. The summed E-state index contributed by atoms with van der Waals surface area (Å²) in [7, 11) is 0. The summed E-state index contributed by atoms with van der Waals surface area (Å²) in [5.41, 5.74) is 0.464. The molecule has 0 saturated carbocycles. The van der Waals surface area contributed by atoms with Crippen molar-refractivity contribution in [1.29, 1.82) is 0 Å². The highest BCUT2D eigenvalue weighted by molar-refractivity contribution is 5.68. The van der Waals surface area contributed by atoms with E-state index in [0.717, 1.165) is 56.9 Å². The van der Waals surface area contributed by atoms with Crippen molar-refractivity contribution in [2.45, 2.75) is 64.2 Å². The number of piperidine rings is 1. The average molecular weight is 348 g/mol. The predicted octanol–water partition coefficient (Wildman–Crippen LogP) is 2.82. The molecule has 1 aromatic rings. The molecule has 7 nitrogen and oxygen atoms in total. The maximum Gasteiger partial charge on any atom is 0.407 e. The Morgan fingerprint density at radius 2 is 2.16 bits per heavy atom. The smallest absolute Gasteiger partial charge is 0.407 e. The van der Waals surface area contributed by atoms with Gasteiger partial charge in [0.15, 0.2) is 0 Å². The summed E-state index contributed by atoms with van der Waals surface area (Å²) < 4.78 is 11.1. The second-order valence-electron chi connectivity index (χ2n) is 7.73. The molecule has 3 heterocycles. The lowest BCUT2D eigenvalue weighted by Crippen LogP contribution is -2.49. The van der Waals surface area contributed by atoms with E-state index < -0.39 is 5.60 Å². The van der Waals surface area contributed by atoms with Gasteiger partial charge in [-0.25, -0.2) is 14.8 Å². The van der Waals surface area contributed by atoms with Gasteiger partial charge < -0.3 is 19.7 Å². The van der Waals surface area contributed by atoms with Crippen molar-refractivity contribution in [2.75, 3.05) is 24.6 Å². The summed E-state index contributed by atoms with van der Waals surface area (Å²) in [6.07, 6.45) is 5.37. The van der Waals surface area contributed by atoms with E-state index in [1.165, 1.54) is 0 Å². The van der Waals surface area contributed by atoms with Gasteiger partial charge in [0, 0.05) is 31.8 Å². The van der Waals surface area contributed by atoms with E-state index in [0.29, 0.717) is 0 Å². The van der Waals surface area contributed by atoms with Crippen LogP contribution >= 0.6 is 0 Å². The Bertz CT molecular complexity index is 596. The molecule has 2 aliphatic heterocycles. The van der Waals surface area contributed by atoms with E-state index in [2.05, 4.69) is 20.2 Å². The Balaban J connectivity index is 1.61. The summed E-state index contributed by atoms with van der Waals surface area (Å²) in [5, 5.41) is 2.97. The Labute approximate surface area is 149 Å². The van der Waals surface area contributed by atoms with Crippen LogP contribution in [-0.4, -0.2) is 47.4 Å². The van der Waals surface area contributed by atoms with E-state index in [9.17, 15) is 4.79 Å². The van der Waals surface area contributed by atoms with E-state index in [1.807, 2.05) is 26.8 Å². The number of aromatic nitrogens is 2. The number of nitrogens with one attached hydrogen (secondary N) is 1. The molecule has 0 bridgehead atoms. The first kappa shape index (κ1) is 17.9. The van der Waals surface area contributed by atoms with Crippen LogP contribution in [0.4, 0.5) is 10.6 Å². The molecule has 0 spiro atoms. The van der Waals surface area contributed by atoms with Gasteiger partial charge in [0.1, 0.15) is 17.7 Å². The third kappa shape index (κ3) is 5.04. The van der Waals surface area contributed by atoms with Crippen molar-refractivity contribution in [1.82, 2.24) is 15.3 Å². The van der Waals surface area contributed by atoms with Crippen LogP contribution in [0.5, 0.6) is 0 Å². The van der Waals surface area contributed by atoms with Gasteiger partial charge in [-0.3, -0.25) is 0 Å². The number of rotatable bonds is 3. The van der Waals surface area contributed by atoms with Crippen molar-refractivity contribution in [3.05, 3.63) is 18.1 Å². The van der Waals surface area contributed by atoms with Gasteiger partial charge in [-0.05, 0) is 46.5 Å². The molecule has 2 atom stereocenters. The van der Waals surface area contributed by atoms with Crippen LogP contribution in [0.15, 0.2) is 12.4 Å². The number of hydrogen-bond acceptors (Lipinski definition) is 6. The second-order valence-corrected chi connectivity index (χ2v) is 7.73. The topological polar surface area (TPSA) is 76.6 Å². The van der Waals surface area contributed by atoms with Gasteiger partial charge in [-0.2, -0.15) is 0 Å². The van der Waals surface area contributed by atoms with E-state index in [-0.39, 0.29) is 18.2 Å². The zero-order valence-corrected chi connectivity index (χ0v) is 15.3. The van der Waals surface area contributed by atoms with Crippen molar-refractivity contribution < 1.29 is 14.3 Å². The Kier molecular flexibility index (Phi) is 5.42. The molecule has 0 aliphatic carbocycles. The van der Waals surface area contributed by atoms with Gasteiger partial charge >= 0.3 is 6.09 Å². The molecule has 7 heteroatoms. The van der Waals surface area contributed by atoms with Crippen LogP contribution in [0.25, 0.3) is 0 Å². The molecular weight excluding hydrogens is 320 g/mol. The van der Waals surface area contributed by atoms with Crippen LogP contribution < -0.4 is 10.2 Å². The lowest BCUT2D eigenvalue weighted by atomic mass is 10.1. The van der Waals surface area contributed by atoms with E-state index in [1.54, 1.807) is 6.33 Å². The first-order chi connectivity index (χ1) is 11.9. The molecule has 2 saturated heterocycles. The second kappa shape index (κ2) is 7.56. The Hall–Kier alpha value is -1.89. The molecular formula is C18H28N4O3. The molecule has 1 amide bonds. The molecule has 2 fully saturated rings. The third-order valence-corrected chi connectivity index (χ3v) is 4.40. The largest absolute Gasteiger partial charge is 0.444 e. The molecule has 2 aliphatic rings. The van der Waals surface area contributed by atoms with Crippen molar-refractivity contribution in [3.8, 4) is 0 Å². The first-order valence-electron chi connectivity index (χ1n) is 9.09. The van der Waals surface area contributed by atoms with Crippen molar-refractivity contribution >= 4 is 11.9 Å².